The molecule has 3 atom stereocenters. The summed E-state index contributed by atoms with van der Waals surface area (Å²) >= 11 is 0. The molecule has 1 amide bonds. The van der Waals surface area contributed by atoms with E-state index in [1.165, 1.54) is 12.1 Å². The molecule has 114 valence electrons. The number of nitro benzene ring substituents is 1. The van der Waals surface area contributed by atoms with Crippen LogP contribution in [0.25, 0.3) is 0 Å². The Balaban J connectivity index is 1.98. The van der Waals surface area contributed by atoms with Crippen LogP contribution in [0.15, 0.2) is 24.3 Å². The standard InChI is InChI=1S/C13H17N3O5/c1-8-11(15-12(17)6-14)7-20-13(21-8)9-2-4-10(5-3-9)16(18)19/h2-5,8,11,13H,6-7,14H2,1H3,(H,15,17)/t8-,11-,13+/m1/s1. The molecule has 8 heteroatoms. The van der Waals surface area contributed by atoms with Crippen molar-refractivity contribution in [2.24, 2.45) is 5.73 Å². The average molecular weight is 295 g/mol. The van der Waals surface area contributed by atoms with Crippen LogP contribution in [-0.2, 0) is 14.3 Å². The lowest BCUT2D eigenvalue weighted by Crippen LogP contribution is -2.51. The van der Waals surface area contributed by atoms with Crippen LogP contribution in [0.5, 0.6) is 0 Å². The predicted octanol–water partition coefficient (Wildman–Crippen LogP) is 0.472. The van der Waals surface area contributed by atoms with E-state index in [1.54, 1.807) is 12.1 Å². The molecule has 8 nitrogen and oxygen atoms in total. The number of carbonyl (C=O) groups is 1. The number of hydrogen-bond acceptors (Lipinski definition) is 6. The van der Waals surface area contributed by atoms with E-state index < -0.39 is 11.2 Å². The molecule has 0 radical (unpaired) electrons. The third kappa shape index (κ3) is 3.75. The Labute approximate surface area is 121 Å². The lowest BCUT2D eigenvalue weighted by molar-refractivity contribution is -0.384. The van der Waals surface area contributed by atoms with Gasteiger partial charge in [0, 0.05) is 17.7 Å². The summed E-state index contributed by atoms with van der Waals surface area (Å²) in [4.78, 5) is 21.4. The van der Waals surface area contributed by atoms with Gasteiger partial charge < -0.3 is 20.5 Å². The van der Waals surface area contributed by atoms with Crippen molar-refractivity contribution in [3.63, 3.8) is 0 Å². The largest absolute Gasteiger partial charge is 0.347 e. The minimum Gasteiger partial charge on any atom is -0.347 e. The average Bonchev–Trinajstić information content (AvgIpc) is 2.49. The summed E-state index contributed by atoms with van der Waals surface area (Å²) in [6, 6.07) is 5.71. The third-order valence-corrected chi connectivity index (χ3v) is 3.24. The number of ether oxygens (including phenoxy) is 2. The summed E-state index contributed by atoms with van der Waals surface area (Å²) in [7, 11) is 0. The monoisotopic (exact) mass is 295 g/mol. The lowest BCUT2D eigenvalue weighted by Gasteiger charge is -2.35. The van der Waals surface area contributed by atoms with Gasteiger partial charge in [-0.1, -0.05) is 0 Å². The Morgan fingerprint density at radius 2 is 2.14 bits per heavy atom. The van der Waals surface area contributed by atoms with E-state index >= 15 is 0 Å². The molecule has 2 rings (SSSR count). The minimum absolute atomic E-state index is 0.00990. The van der Waals surface area contributed by atoms with Crippen LogP contribution >= 0.6 is 0 Å². The van der Waals surface area contributed by atoms with Crippen LogP contribution in [0.1, 0.15) is 18.8 Å². The molecule has 0 spiro atoms. The topological polar surface area (TPSA) is 117 Å². The fourth-order valence-electron chi connectivity index (χ4n) is 2.01. The molecule has 0 bridgehead atoms. The SMILES string of the molecule is C[C@H]1O[C@@H](c2ccc([N+](=O)[O-])cc2)OC[C@H]1NC(=O)CN. The zero-order chi connectivity index (χ0) is 15.4. The van der Waals surface area contributed by atoms with Gasteiger partial charge in [-0.2, -0.15) is 0 Å². The minimum atomic E-state index is -0.605. The van der Waals surface area contributed by atoms with Gasteiger partial charge in [0.2, 0.25) is 5.91 Å². The zero-order valence-corrected chi connectivity index (χ0v) is 11.5. The maximum Gasteiger partial charge on any atom is 0.269 e. The normalized spacial score (nSPS) is 25.3. The molecule has 1 aromatic rings. The summed E-state index contributed by atoms with van der Waals surface area (Å²) in [6.07, 6.45) is -0.860. The molecule has 1 aliphatic rings. The first-order valence-corrected chi connectivity index (χ1v) is 6.52. The second kappa shape index (κ2) is 6.61. The van der Waals surface area contributed by atoms with E-state index in [1.807, 2.05) is 6.92 Å². The van der Waals surface area contributed by atoms with E-state index in [0.29, 0.717) is 5.56 Å². The van der Waals surface area contributed by atoms with E-state index in [2.05, 4.69) is 5.32 Å². The van der Waals surface area contributed by atoms with Gasteiger partial charge in [-0.05, 0) is 19.1 Å². The fourth-order valence-corrected chi connectivity index (χ4v) is 2.01. The van der Waals surface area contributed by atoms with Crippen LogP contribution in [0.3, 0.4) is 0 Å². The van der Waals surface area contributed by atoms with Crippen molar-refractivity contribution in [2.75, 3.05) is 13.2 Å². The molecule has 0 saturated carbocycles. The number of non-ortho nitro benzene ring substituents is 1. The summed E-state index contributed by atoms with van der Waals surface area (Å²) in [6.45, 7) is 2.02. The summed E-state index contributed by atoms with van der Waals surface area (Å²) in [5, 5.41) is 13.3. The quantitative estimate of drug-likeness (QED) is 0.616. The van der Waals surface area contributed by atoms with Crippen LogP contribution in [0.4, 0.5) is 5.69 Å². The highest BCUT2D eigenvalue weighted by Crippen LogP contribution is 2.27. The van der Waals surface area contributed by atoms with Gasteiger partial charge in [-0.3, -0.25) is 14.9 Å². The summed E-state index contributed by atoms with van der Waals surface area (Å²) in [5.41, 5.74) is 5.94. The molecular weight excluding hydrogens is 278 g/mol. The van der Waals surface area contributed by atoms with Crippen molar-refractivity contribution in [1.29, 1.82) is 0 Å². The Kier molecular flexibility index (Phi) is 4.84. The number of nitrogens with two attached hydrogens (primary N) is 1. The first-order valence-electron chi connectivity index (χ1n) is 6.52. The maximum atomic E-state index is 11.3. The predicted molar refractivity (Wildman–Crippen MR) is 73.3 cm³/mol. The van der Waals surface area contributed by atoms with Gasteiger partial charge in [0.05, 0.1) is 30.2 Å². The smallest absolute Gasteiger partial charge is 0.269 e. The van der Waals surface area contributed by atoms with E-state index in [-0.39, 0.29) is 36.9 Å². The highest BCUT2D eigenvalue weighted by Gasteiger charge is 2.30. The van der Waals surface area contributed by atoms with Crippen molar-refractivity contribution in [3.05, 3.63) is 39.9 Å². The summed E-state index contributed by atoms with van der Waals surface area (Å²) in [5.74, 6) is -0.271. The van der Waals surface area contributed by atoms with E-state index in [9.17, 15) is 14.9 Å². The molecule has 1 aliphatic heterocycles. The molecule has 21 heavy (non-hydrogen) atoms. The Morgan fingerprint density at radius 1 is 1.48 bits per heavy atom. The molecule has 1 fully saturated rings. The molecule has 0 aromatic heterocycles. The Bertz CT molecular complexity index is 519. The second-order valence-corrected chi connectivity index (χ2v) is 4.73. The highest BCUT2D eigenvalue weighted by atomic mass is 16.7. The van der Waals surface area contributed by atoms with Crippen molar-refractivity contribution in [1.82, 2.24) is 5.32 Å². The molecule has 1 saturated heterocycles. The molecule has 3 N–H and O–H groups in total. The number of hydrogen-bond donors (Lipinski definition) is 2. The summed E-state index contributed by atoms with van der Waals surface area (Å²) < 4.78 is 11.2. The van der Waals surface area contributed by atoms with E-state index in [4.69, 9.17) is 15.2 Å². The number of amides is 1. The number of rotatable bonds is 4. The molecular formula is C13H17N3O5. The number of carbonyl (C=O) groups excluding carboxylic acids is 1. The number of nitrogens with one attached hydrogen (secondary N) is 1. The second-order valence-electron chi connectivity index (χ2n) is 4.73. The first-order chi connectivity index (χ1) is 10.0. The Morgan fingerprint density at radius 3 is 2.67 bits per heavy atom. The van der Waals surface area contributed by atoms with Gasteiger partial charge in [0.1, 0.15) is 0 Å². The number of benzene rings is 1. The lowest BCUT2D eigenvalue weighted by atomic mass is 10.1. The molecule has 1 aromatic carbocycles. The van der Waals surface area contributed by atoms with Gasteiger partial charge in [0.15, 0.2) is 6.29 Å². The fraction of sp³-hybridized carbons (Fsp3) is 0.462. The maximum absolute atomic E-state index is 11.3. The highest BCUT2D eigenvalue weighted by molar-refractivity contribution is 5.78. The zero-order valence-electron chi connectivity index (χ0n) is 11.5. The van der Waals surface area contributed by atoms with Crippen molar-refractivity contribution < 1.29 is 19.2 Å². The molecule has 1 heterocycles. The van der Waals surface area contributed by atoms with Crippen LogP contribution < -0.4 is 11.1 Å². The van der Waals surface area contributed by atoms with Gasteiger partial charge in [0.25, 0.3) is 5.69 Å². The van der Waals surface area contributed by atoms with Crippen molar-refractivity contribution in [2.45, 2.75) is 25.4 Å². The van der Waals surface area contributed by atoms with Gasteiger partial charge >= 0.3 is 0 Å². The molecule has 0 unspecified atom stereocenters. The van der Waals surface area contributed by atoms with Crippen LogP contribution in [-0.4, -0.2) is 36.1 Å². The van der Waals surface area contributed by atoms with Crippen molar-refractivity contribution >= 4 is 11.6 Å². The van der Waals surface area contributed by atoms with Gasteiger partial charge in [-0.25, -0.2) is 0 Å². The third-order valence-electron chi connectivity index (χ3n) is 3.24. The first kappa shape index (κ1) is 15.4. The van der Waals surface area contributed by atoms with Crippen molar-refractivity contribution in [3.8, 4) is 0 Å². The van der Waals surface area contributed by atoms with Crippen LogP contribution in [0, 0.1) is 10.1 Å². The molecule has 0 aliphatic carbocycles. The number of nitrogens with zero attached hydrogens (tertiary/aromatic N) is 1. The van der Waals surface area contributed by atoms with E-state index in [0.717, 1.165) is 0 Å². The Hall–Kier alpha value is -2.03. The number of nitro groups is 1. The van der Waals surface area contributed by atoms with Crippen LogP contribution in [0.2, 0.25) is 0 Å². The van der Waals surface area contributed by atoms with Gasteiger partial charge in [-0.15, -0.1) is 0 Å².